The third-order valence-corrected chi connectivity index (χ3v) is 2.06. The average molecular weight is 190 g/mol. The van der Waals surface area contributed by atoms with Gasteiger partial charge in [-0.3, -0.25) is 9.79 Å². The molecule has 0 aliphatic rings. The SMILES string of the molecule is C=N[C@@H](CC(=O)NC)c1ccccc1. The van der Waals surface area contributed by atoms with Gasteiger partial charge in [-0.05, 0) is 12.3 Å². The van der Waals surface area contributed by atoms with Gasteiger partial charge >= 0.3 is 0 Å². The Morgan fingerprint density at radius 2 is 2.14 bits per heavy atom. The van der Waals surface area contributed by atoms with Crippen LogP contribution in [0.2, 0.25) is 0 Å². The summed E-state index contributed by atoms with van der Waals surface area (Å²) in [7, 11) is 1.62. The lowest BCUT2D eigenvalue weighted by molar-refractivity contribution is -0.120. The van der Waals surface area contributed by atoms with E-state index in [2.05, 4.69) is 17.0 Å². The first-order valence-electron chi connectivity index (χ1n) is 4.49. The van der Waals surface area contributed by atoms with Gasteiger partial charge in [0.1, 0.15) is 0 Å². The predicted octanol–water partition coefficient (Wildman–Crippen LogP) is 1.56. The van der Waals surface area contributed by atoms with Gasteiger partial charge in [-0.1, -0.05) is 30.3 Å². The lowest BCUT2D eigenvalue weighted by Gasteiger charge is -2.10. The number of amides is 1. The van der Waals surface area contributed by atoms with Crippen molar-refractivity contribution in [2.45, 2.75) is 12.5 Å². The molecule has 0 aliphatic heterocycles. The van der Waals surface area contributed by atoms with E-state index >= 15 is 0 Å². The Labute approximate surface area is 83.9 Å². The second-order valence-corrected chi connectivity index (χ2v) is 2.99. The minimum absolute atomic E-state index is 0.0220. The van der Waals surface area contributed by atoms with Crippen molar-refractivity contribution in [3.63, 3.8) is 0 Å². The first kappa shape index (κ1) is 10.4. The molecule has 1 amide bonds. The second-order valence-electron chi connectivity index (χ2n) is 2.99. The van der Waals surface area contributed by atoms with E-state index < -0.39 is 0 Å². The summed E-state index contributed by atoms with van der Waals surface area (Å²) in [5, 5.41) is 2.57. The normalized spacial score (nSPS) is 11.8. The Morgan fingerprint density at radius 3 is 2.64 bits per heavy atom. The number of rotatable bonds is 4. The Morgan fingerprint density at radius 1 is 1.50 bits per heavy atom. The van der Waals surface area contributed by atoms with Crippen LogP contribution in [0.15, 0.2) is 35.3 Å². The van der Waals surface area contributed by atoms with Gasteiger partial charge in [-0.15, -0.1) is 0 Å². The molecule has 0 heterocycles. The van der Waals surface area contributed by atoms with E-state index in [0.717, 1.165) is 5.56 Å². The highest BCUT2D eigenvalue weighted by Crippen LogP contribution is 2.19. The zero-order valence-corrected chi connectivity index (χ0v) is 8.23. The zero-order valence-electron chi connectivity index (χ0n) is 8.23. The molecule has 1 aromatic rings. The number of nitrogens with one attached hydrogen (secondary N) is 1. The molecule has 3 nitrogen and oxygen atoms in total. The topological polar surface area (TPSA) is 41.5 Å². The maximum atomic E-state index is 11.2. The van der Waals surface area contributed by atoms with Gasteiger partial charge in [0.05, 0.1) is 12.5 Å². The Bertz CT molecular complexity index is 308. The molecular weight excluding hydrogens is 176 g/mol. The molecule has 0 saturated heterocycles. The van der Waals surface area contributed by atoms with E-state index in [1.807, 2.05) is 30.3 Å². The van der Waals surface area contributed by atoms with E-state index in [0.29, 0.717) is 6.42 Å². The van der Waals surface area contributed by atoms with Crippen LogP contribution in [0.1, 0.15) is 18.0 Å². The van der Waals surface area contributed by atoms with Crippen molar-refractivity contribution in [2.75, 3.05) is 7.05 Å². The third kappa shape index (κ3) is 2.69. The molecule has 0 aromatic heterocycles. The van der Waals surface area contributed by atoms with Crippen molar-refractivity contribution in [3.05, 3.63) is 35.9 Å². The molecule has 0 bridgehead atoms. The highest BCUT2D eigenvalue weighted by Gasteiger charge is 2.11. The highest BCUT2D eigenvalue weighted by atomic mass is 16.1. The molecule has 14 heavy (non-hydrogen) atoms. The number of carbonyl (C=O) groups is 1. The highest BCUT2D eigenvalue weighted by molar-refractivity contribution is 5.76. The fraction of sp³-hybridized carbons (Fsp3) is 0.273. The number of nitrogens with zero attached hydrogens (tertiary/aromatic N) is 1. The molecule has 74 valence electrons. The minimum atomic E-state index is -0.142. The lowest BCUT2D eigenvalue weighted by atomic mass is 10.0. The summed E-state index contributed by atoms with van der Waals surface area (Å²) in [5.74, 6) is -0.0220. The second kappa shape index (κ2) is 5.17. The minimum Gasteiger partial charge on any atom is -0.359 e. The fourth-order valence-electron chi connectivity index (χ4n) is 1.24. The number of carbonyl (C=O) groups excluding carboxylic acids is 1. The van der Waals surface area contributed by atoms with Crippen LogP contribution in [-0.4, -0.2) is 19.7 Å². The van der Waals surface area contributed by atoms with Gasteiger partial charge in [0.15, 0.2) is 0 Å². The molecular formula is C11H14N2O. The maximum absolute atomic E-state index is 11.2. The number of hydrogen-bond donors (Lipinski definition) is 1. The third-order valence-electron chi connectivity index (χ3n) is 2.06. The summed E-state index contributed by atoms with van der Waals surface area (Å²) in [6.07, 6.45) is 0.351. The lowest BCUT2D eigenvalue weighted by Crippen LogP contribution is -2.19. The fourth-order valence-corrected chi connectivity index (χ4v) is 1.24. The van der Waals surface area contributed by atoms with Crippen molar-refractivity contribution in [1.82, 2.24) is 5.32 Å². The van der Waals surface area contributed by atoms with Crippen LogP contribution in [0.5, 0.6) is 0 Å². The van der Waals surface area contributed by atoms with Crippen LogP contribution in [0.4, 0.5) is 0 Å². The van der Waals surface area contributed by atoms with Crippen molar-refractivity contribution in [3.8, 4) is 0 Å². The van der Waals surface area contributed by atoms with Crippen molar-refractivity contribution < 1.29 is 4.79 Å². The molecule has 0 unspecified atom stereocenters. The average Bonchev–Trinajstić information content (AvgIpc) is 2.26. The Balaban J connectivity index is 2.73. The summed E-state index contributed by atoms with van der Waals surface area (Å²) in [4.78, 5) is 15.1. The van der Waals surface area contributed by atoms with Crippen LogP contribution in [-0.2, 0) is 4.79 Å². The Kier molecular flexibility index (Phi) is 3.85. The van der Waals surface area contributed by atoms with E-state index in [-0.39, 0.29) is 11.9 Å². The summed E-state index contributed by atoms with van der Waals surface area (Å²) in [6, 6.07) is 9.54. The predicted molar refractivity (Wildman–Crippen MR) is 57.4 cm³/mol. The first-order chi connectivity index (χ1) is 6.77. The molecule has 0 aliphatic carbocycles. The Hall–Kier alpha value is -1.64. The van der Waals surface area contributed by atoms with Gasteiger partial charge in [-0.25, -0.2) is 0 Å². The monoisotopic (exact) mass is 190 g/mol. The molecule has 1 atom stereocenters. The van der Waals surface area contributed by atoms with Crippen molar-refractivity contribution in [2.24, 2.45) is 4.99 Å². The molecule has 3 heteroatoms. The molecule has 0 spiro atoms. The van der Waals surface area contributed by atoms with E-state index in [9.17, 15) is 4.79 Å². The van der Waals surface area contributed by atoms with Crippen LogP contribution in [0.3, 0.4) is 0 Å². The molecule has 1 N–H and O–H groups in total. The number of aliphatic imine (C=N–C) groups is 1. The molecule has 0 fully saturated rings. The summed E-state index contributed by atoms with van der Waals surface area (Å²) in [6.45, 7) is 3.49. The van der Waals surface area contributed by atoms with Gasteiger partial charge < -0.3 is 5.32 Å². The molecule has 1 rings (SSSR count). The first-order valence-corrected chi connectivity index (χ1v) is 4.49. The summed E-state index contributed by atoms with van der Waals surface area (Å²) in [5.41, 5.74) is 1.02. The molecule has 1 aromatic carbocycles. The van der Waals surface area contributed by atoms with Gasteiger partial charge in [0, 0.05) is 7.05 Å². The van der Waals surface area contributed by atoms with Crippen LogP contribution < -0.4 is 5.32 Å². The van der Waals surface area contributed by atoms with Gasteiger partial charge in [-0.2, -0.15) is 0 Å². The summed E-state index contributed by atoms with van der Waals surface area (Å²) < 4.78 is 0. The van der Waals surface area contributed by atoms with E-state index in [1.165, 1.54) is 0 Å². The van der Waals surface area contributed by atoms with Gasteiger partial charge in [0.2, 0.25) is 5.91 Å². The largest absolute Gasteiger partial charge is 0.359 e. The van der Waals surface area contributed by atoms with Crippen LogP contribution in [0, 0.1) is 0 Å². The standard InChI is InChI=1S/C11H14N2O/c1-12-10(8-11(14)13-2)9-6-4-3-5-7-9/h3-7,10H,1,8H2,2H3,(H,13,14)/t10-/m0/s1. The smallest absolute Gasteiger partial charge is 0.222 e. The molecule has 0 saturated carbocycles. The number of hydrogen-bond acceptors (Lipinski definition) is 2. The van der Waals surface area contributed by atoms with Crippen LogP contribution in [0.25, 0.3) is 0 Å². The van der Waals surface area contributed by atoms with Gasteiger partial charge in [0.25, 0.3) is 0 Å². The molecule has 0 radical (unpaired) electrons. The van der Waals surface area contributed by atoms with E-state index in [1.54, 1.807) is 7.05 Å². The quantitative estimate of drug-likeness (QED) is 0.719. The summed E-state index contributed by atoms with van der Waals surface area (Å²) >= 11 is 0. The number of benzene rings is 1. The van der Waals surface area contributed by atoms with E-state index in [4.69, 9.17) is 0 Å². The van der Waals surface area contributed by atoms with Crippen molar-refractivity contribution in [1.29, 1.82) is 0 Å². The zero-order chi connectivity index (χ0) is 10.4. The van der Waals surface area contributed by atoms with Crippen molar-refractivity contribution >= 4 is 12.6 Å². The van der Waals surface area contributed by atoms with Crippen LogP contribution >= 0.6 is 0 Å². The maximum Gasteiger partial charge on any atom is 0.222 e.